The van der Waals surface area contributed by atoms with Crippen molar-refractivity contribution in [2.45, 2.75) is 19.0 Å². The van der Waals surface area contributed by atoms with Crippen LogP contribution < -0.4 is 14.4 Å². The summed E-state index contributed by atoms with van der Waals surface area (Å²) in [5.41, 5.74) is 0.801. The zero-order chi connectivity index (χ0) is 21.8. The van der Waals surface area contributed by atoms with Gasteiger partial charge in [0, 0.05) is 32.7 Å². The third kappa shape index (κ3) is 3.80. The van der Waals surface area contributed by atoms with Crippen LogP contribution in [0.1, 0.15) is 11.4 Å². The van der Waals surface area contributed by atoms with Gasteiger partial charge in [0.25, 0.3) is 5.82 Å². The van der Waals surface area contributed by atoms with Gasteiger partial charge in [-0.05, 0) is 29.8 Å². The Labute approximate surface area is 171 Å². The van der Waals surface area contributed by atoms with Gasteiger partial charge >= 0.3 is 12.5 Å². The molecule has 4 heterocycles. The van der Waals surface area contributed by atoms with Crippen LogP contribution in [0, 0.1) is 0 Å². The summed E-state index contributed by atoms with van der Waals surface area (Å²) in [5, 5.41) is 10.7. The Morgan fingerprint density at radius 3 is 2.42 bits per heavy atom. The number of halogens is 5. The van der Waals surface area contributed by atoms with Crippen LogP contribution in [0.25, 0.3) is 5.65 Å². The van der Waals surface area contributed by atoms with E-state index >= 15 is 0 Å². The Morgan fingerprint density at radius 2 is 1.68 bits per heavy atom. The maximum Gasteiger partial charge on any atom is 0.586 e. The molecule has 0 radical (unpaired) electrons. The van der Waals surface area contributed by atoms with Crippen molar-refractivity contribution in [3.63, 3.8) is 0 Å². The number of anilines is 1. The van der Waals surface area contributed by atoms with Crippen LogP contribution in [-0.2, 0) is 12.7 Å². The first-order chi connectivity index (χ1) is 14.7. The summed E-state index contributed by atoms with van der Waals surface area (Å²) in [5.74, 6) is -0.792. The molecule has 0 spiro atoms. The molecule has 3 aromatic rings. The SMILES string of the molecule is FC1(F)Oc2ccc(CN3CCN(c4ccc5nnc(C(F)(F)F)n5n4)CC3)cc2O1. The number of benzene rings is 1. The first-order valence-corrected chi connectivity index (χ1v) is 9.34. The molecule has 0 saturated carbocycles. The number of fused-ring (bicyclic) bond motifs is 2. The number of hydrogen-bond acceptors (Lipinski definition) is 7. The van der Waals surface area contributed by atoms with Gasteiger partial charge in [-0.2, -0.15) is 17.7 Å². The highest BCUT2D eigenvalue weighted by atomic mass is 19.4. The molecule has 5 rings (SSSR count). The molecule has 31 heavy (non-hydrogen) atoms. The minimum atomic E-state index is -4.65. The molecule has 0 atom stereocenters. The van der Waals surface area contributed by atoms with E-state index < -0.39 is 18.3 Å². The average molecular weight is 442 g/mol. The van der Waals surface area contributed by atoms with Gasteiger partial charge in [0.2, 0.25) is 0 Å². The highest BCUT2D eigenvalue weighted by Gasteiger charge is 2.43. The van der Waals surface area contributed by atoms with Crippen LogP contribution in [0.3, 0.4) is 0 Å². The molecule has 8 nitrogen and oxygen atoms in total. The van der Waals surface area contributed by atoms with Gasteiger partial charge in [0.15, 0.2) is 17.1 Å². The van der Waals surface area contributed by atoms with Gasteiger partial charge in [-0.1, -0.05) is 6.07 Å². The van der Waals surface area contributed by atoms with Crippen LogP contribution in [0.5, 0.6) is 11.5 Å². The Hall–Kier alpha value is -3.22. The fraction of sp³-hybridized carbons (Fsp3) is 0.389. The predicted octanol–water partition coefficient (Wildman–Crippen LogP) is 2.79. The van der Waals surface area contributed by atoms with E-state index in [4.69, 9.17) is 0 Å². The van der Waals surface area contributed by atoms with Crippen molar-refractivity contribution in [3.05, 3.63) is 41.7 Å². The first kappa shape index (κ1) is 19.7. The van der Waals surface area contributed by atoms with Crippen LogP contribution >= 0.6 is 0 Å². The number of piperazine rings is 1. The lowest BCUT2D eigenvalue weighted by Crippen LogP contribution is -2.46. The van der Waals surface area contributed by atoms with Crippen molar-refractivity contribution < 1.29 is 31.4 Å². The van der Waals surface area contributed by atoms with E-state index in [9.17, 15) is 22.0 Å². The summed E-state index contributed by atoms with van der Waals surface area (Å²) in [6, 6.07) is 7.70. The molecule has 0 unspecified atom stereocenters. The molecular formula is C18H15F5N6O2. The van der Waals surface area contributed by atoms with E-state index in [2.05, 4.69) is 29.7 Å². The molecule has 164 valence electrons. The molecule has 0 bridgehead atoms. The molecule has 0 N–H and O–H groups in total. The lowest BCUT2D eigenvalue weighted by atomic mass is 10.1. The molecular weight excluding hydrogens is 427 g/mol. The van der Waals surface area contributed by atoms with Crippen LogP contribution in [0.2, 0.25) is 0 Å². The zero-order valence-corrected chi connectivity index (χ0v) is 15.8. The standard InChI is InChI=1S/C18H15F5N6O2/c19-17(20,21)16-25-24-14-3-4-15(26-29(14)16)28-7-5-27(6-8-28)10-11-1-2-12-13(9-11)31-18(22,23)30-12/h1-4,9H,5-8,10H2. The topological polar surface area (TPSA) is 68.0 Å². The Balaban J connectivity index is 1.25. The Kier molecular flexibility index (Phi) is 4.39. The van der Waals surface area contributed by atoms with Gasteiger partial charge in [0.05, 0.1) is 0 Å². The van der Waals surface area contributed by atoms with Crippen molar-refractivity contribution in [3.8, 4) is 11.5 Å². The fourth-order valence-electron chi connectivity index (χ4n) is 3.61. The predicted molar refractivity (Wildman–Crippen MR) is 95.9 cm³/mol. The molecule has 2 aromatic heterocycles. The highest BCUT2D eigenvalue weighted by molar-refractivity contribution is 5.47. The van der Waals surface area contributed by atoms with Crippen LogP contribution in [0.15, 0.2) is 30.3 Å². The number of rotatable bonds is 3. The normalized spacial score (nSPS) is 18.7. The van der Waals surface area contributed by atoms with Crippen LogP contribution in [-0.4, -0.2) is 57.2 Å². The smallest absolute Gasteiger partial charge is 0.395 e. The largest absolute Gasteiger partial charge is 0.586 e. The van der Waals surface area contributed by atoms with E-state index in [0.29, 0.717) is 43.1 Å². The zero-order valence-electron chi connectivity index (χ0n) is 15.8. The van der Waals surface area contributed by atoms with Crippen molar-refractivity contribution in [1.82, 2.24) is 24.7 Å². The van der Waals surface area contributed by atoms with E-state index in [1.54, 1.807) is 12.1 Å². The minimum Gasteiger partial charge on any atom is -0.395 e. The number of alkyl halides is 5. The molecule has 0 aliphatic carbocycles. The summed E-state index contributed by atoms with van der Waals surface area (Å²) in [6.07, 6.45) is -8.31. The Bertz CT molecular complexity index is 1130. The molecule has 1 aromatic carbocycles. The van der Waals surface area contributed by atoms with Crippen molar-refractivity contribution in [1.29, 1.82) is 0 Å². The summed E-state index contributed by atoms with van der Waals surface area (Å²) in [4.78, 5) is 3.97. The molecule has 1 saturated heterocycles. The third-order valence-electron chi connectivity index (χ3n) is 5.07. The molecule has 13 heteroatoms. The van der Waals surface area contributed by atoms with E-state index in [-0.39, 0.29) is 17.1 Å². The number of aromatic nitrogens is 4. The number of ether oxygens (including phenoxy) is 2. The second-order valence-electron chi connectivity index (χ2n) is 7.19. The monoisotopic (exact) mass is 442 g/mol. The van der Waals surface area contributed by atoms with E-state index in [0.717, 1.165) is 5.56 Å². The Morgan fingerprint density at radius 1 is 0.935 bits per heavy atom. The van der Waals surface area contributed by atoms with Crippen molar-refractivity contribution >= 4 is 11.5 Å². The summed E-state index contributed by atoms with van der Waals surface area (Å²) >= 11 is 0. The maximum absolute atomic E-state index is 13.2. The second-order valence-corrected chi connectivity index (χ2v) is 7.19. The van der Waals surface area contributed by atoms with Crippen molar-refractivity contribution in [2.24, 2.45) is 0 Å². The second kappa shape index (κ2) is 6.90. The summed E-state index contributed by atoms with van der Waals surface area (Å²) in [7, 11) is 0. The van der Waals surface area contributed by atoms with Gasteiger partial charge in [-0.3, -0.25) is 4.90 Å². The quantitative estimate of drug-likeness (QED) is 0.578. The summed E-state index contributed by atoms with van der Waals surface area (Å²) in [6.45, 7) is 2.79. The van der Waals surface area contributed by atoms with E-state index in [1.165, 1.54) is 18.2 Å². The van der Waals surface area contributed by atoms with E-state index in [1.807, 2.05) is 4.90 Å². The lowest BCUT2D eigenvalue weighted by molar-refractivity contribution is -0.286. The molecule has 2 aliphatic heterocycles. The molecule has 0 amide bonds. The summed E-state index contributed by atoms with van der Waals surface area (Å²) < 4.78 is 75.1. The fourth-order valence-corrected chi connectivity index (χ4v) is 3.61. The highest BCUT2D eigenvalue weighted by Crippen LogP contribution is 2.41. The van der Waals surface area contributed by atoms with Crippen LogP contribution in [0.4, 0.5) is 27.8 Å². The van der Waals surface area contributed by atoms with Gasteiger partial charge in [0.1, 0.15) is 5.82 Å². The molecule has 1 fully saturated rings. The number of nitrogens with zero attached hydrogens (tertiary/aromatic N) is 6. The average Bonchev–Trinajstić information content (AvgIpc) is 3.26. The van der Waals surface area contributed by atoms with Gasteiger partial charge in [-0.15, -0.1) is 24.1 Å². The van der Waals surface area contributed by atoms with Crippen molar-refractivity contribution in [2.75, 3.05) is 31.1 Å². The first-order valence-electron chi connectivity index (χ1n) is 9.34. The van der Waals surface area contributed by atoms with Gasteiger partial charge < -0.3 is 14.4 Å². The number of hydrogen-bond donors (Lipinski definition) is 0. The maximum atomic E-state index is 13.2. The lowest BCUT2D eigenvalue weighted by Gasteiger charge is -2.35. The molecule has 2 aliphatic rings. The minimum absolute atomic E-state index is 0.00644. The van der Waals surface area contributed by atoms with Gasteiger partial charge in [-0.25, -0.2) is 0 Å². The third-order valence-corrected chi connectivity index (χ3v) is 5.07.